The maximum absolute atomic E-state index is 13.8. The standard InChI is InChI=1S/C15H16F2N2O4S/c1-3-5-13-11(15(20)23-4-2)9-19(18-13)24(21,22)14-7-6-10(16)8-12(14)17/h6-9H,3-5H2,1-2H3. The lowest BCUT2D eigenvalue weighted by molar-refractivity contribution is 0.0525. The van der Waals surface area contributed by atoms with Crippen LogP contribution >= 0.6 is 0 Å². The summed E-state index contributed by atoms with van der Waals surface area (Å²) in [6.45, 7) is 3.57. The van der Waals surface area contributed by atoms with Crippen LogP contribution in [0.3, 0.4) is 0 Å². The predicted octanol–water partition coefficient (Wildman–Crippen LogP) is 2.53. The number of hydrogen-bond acceptors (Lipinski definition) is 5. The van der Waals surface area contributed by atoms with Crippen LogP contribution in [0.1, 0.15) is 36.3 Å². The van der Waals surface area contributed by atoms with Crippen LogP contribution in [0.2, 0.25) is 0 Å². The SMILES string of the molecule is CCCc1nn(S(=O)(=O)c2ccc(F)cc2F)cc1C(=O)OCC. The average molecular weight is 358 g/mol. The summed E-state index contributed by atoms with van der Waals surface area (Å²) in [6, 6.07) is 2.11. The molecule has 2 aromatic rings. The maximum Gasteiger partial charge on any atom is 0.341 e. The highest BCUT2D eigenvalue weighted by Gasteiger charge is 2.26. The number of hydrogen-bond donors (Lipinski definition) is 0. The van der Waals surface area contributed by atoms with Gasteiger partial charge in [0.05, 0.1) is 18.5 Å². The van der Waals surface area contributed by atoms with Crippen LogP contribution < -0.4 is 0 Å². The summed E-state index contributed by atoms with van der Waals surface area (Å²) in [5.41, 5.74) is 0.242. The van der Waals surface area contributed by atoms with E-state index in [1.165, 1.54) is 0 Å². The van der Waals surface area contributed by atoms with Crippen molar-refractivity contribution in [2.75, 3.05) is 6.61 Å². The van der Waals surface area contributed by atoms with Crippen molar-refractivity contribution < 1.29 is 26.7 Å². The van der Waals surface area contributed by atoms with Gasteiger partial charge in [-0.2, -0.15) is 17.6 Å². The molecule has 0 atom stereocenters. The molecule has 0 radical (unpaired) electrons. The lowest BCUT2D eigenvalue weighted by atomic mass is 10.2. The Balaban J connectivity index is 2.54. The first-order chi connectivity index (χ1) is 11.3. The fourth-order valence-electron chi connectivity index (χ4n) is 2.10. The van der Waals surface area contributed by atoms with Crippen molar-refractivity contribution in [1.82, 2.24) is 9.19 Å². The number of nitrogens with zero attached hydrogens (tertiary/aromatic N) is 2. The molecule has 0 saturated heterocycles. The molecular formula is C15H16F2N2O4S. The monoisotopic (exact) mass is 358 g/mol. The number of rotatable bonds is 6. The van der Waals surface area contributed by atoms with Gasteiger partial charge in [-0.05, 0) is 25.5 Å². The van der Waals surface area contributed by atoms with E-state index in [9.17, 15) is 22.0 Å². The molecule has 0 amide bonds. The van der Waals surface area contributed by atoms with Gasteiger partial charge < -0.3 is 4.74 Å². The van der Waals surface area contributed by atoms with Crippen molar-refractivity contribution in [2.45, 2.75) is 31.6 Å². The van der Waals surface area contributed by atoms with E-state index in [1.807, 2.05) is 6.92 Å². The zero-order valence-electron chi connectivity index (χ0n) is 13.1. The van der Waals surface area contributed by atoms with Crippen LogP contribution in [0.25, 0.3) is 0 Å². The largest absolute Gasteiger partial charge is 0.462 e. The van der Waals surface area contributed by atoms with Crippen LogP contribution in [-0.2, 0) is 21.2 Å². The summed E-state index contributed by atoms with van der Waals surface area (Å²) in [4.78, 5) is 11.2. The Morgan fingerprint density at radius 1 is 1.29 bits per heavy atom. The number of ether oxygens (including phenoxy) is 1. The molecule has 6 nitrogen and oxygen atoms in total. The summed E-state index contributed by atoms with van der Waals surface area (Å²) in [5, 5.41) is 3.88. The first kappa shape index (κ1) is 18.1. The van der Waals surface area contributed by atoms with Crippen molar-refractivity contribution in [2.24, 2.45) is 0 Å². The van der Waals surface area contributed by atoms with Crippen molar-refractivity contribution in [3.8, 4) is 0 Å². The molecule has 0 aliphatic rings. The third-order valence-electron chi connectivity index (χ3n) is 3.17. The molecule has 0 fully saturated rings. The first-order valence-electron chi connectivity index (χ1n) is 7.27. The molecule has 0 aliphatic carbocycles. The number of halogens is 2. The molecule has 0 N–H and O–H groups in total. The summed E-state index contributed by atoms with van der Waals surface area (Å²) < 4.78 is 57.2. The van der Waals surface area contributed by atoms with Gasteiger partial charge in [0.15, 0.2) is 0 Å². The van der Waals surface area contributed by atoms with E-state index in [-0.39, 0.29) is 17.9 Å². The van der Waals surface area contributed by atoms with Crippen molar-refractivity contribution in [3.63, 3.8) is 0 Å². The fraction of sp³-hybridized carbons (Fsp3) is 0.333. The molecule has 0 aliphatic heterocycles. The zero-order valence-corrected chi connectivity index (χ0v) is 13.9. The molecule has 1 aromatic heterocycles. The summed E-state index contributed by atoms with van der Waals surface area (Å²) in [6.07, 6.45) is 1.96. The van der Waals surface area contributed by atoms with Gasteiger partial charge in [0.2, 0.25) is 0 Å². The Hall–Kier alpha value is -2.29. The van der Waals surface area contributed by atoms with E-state index in [0.717, 1.165) is 18.3 Å². The second-order valence-electron chi connectivity index (χ2n) is 4.91. The minimum Gasteiger partial charge on any atom is -0.462 e. The smallest absolute Gasteiger partial charge is 0.341 e. The molecule has 0 bridgehead atoms. The van der Waals surface area contributed by atoms with Gasteiger partial charge in [0.1, 0.15) is 22.1 Å². The van der Waals surface area contributed by atoms with Gasteiger partial charge in [-0.3, -0.25) is 0 Å². The molecule has 0 saturated carbocycles. The summed E-state index contributed by atoms with van der Waals surface area (Å²) in [5.74, 6) is -2.84. The van der Waals surface area contributed by atoms with Gasteiger partial charge in [0.25, 0.3) is 10.0 Å². The highest BCUT2D eigenvalue weighted by molar-refractivity contribution is 7.89. The second-order valence-corrected chi connectivity index (χ2v) is 6.68. The highest BCUT2D eigenvalue weighted by atomic mass is 32.2. The Labute approximate surface area is 138 Å². The predicted molar refractivity (Wildman–Crippen MR) is 81.1 cm³/mol. The number of carbonyl (C=O) groups is 1. The molecule has 9 heteroatoms. The van der Waals surface area contributed by atoms with E-state index in [0.29, 0.717) is 23.0 Å². The second kappa shape index (κ2) is 7.08. The normalized spacial score (nSPS) is 11.5. The highest BCUT2D eigenvalue weighted by Crippen LogP contribution is 2.20. The Morgan fingerprint density at radius 3 is 2.58 bits per heavy atom. The Bertz CT molecular complexity index is 862. The third-order valence-corrected chi connectivity index (χ3v) is 4.74. The van der Waals surface area contributed by atoms with Crippen LogP contribution in [0.4, 0.5) is 8.78 Å². The van der Waals surface area contributed by atoms with Crippen molar-refractivity contribution in [1.29, 1.82) is 0 Å². The molecule has 1 aromatic carbocycles. The molecular weight excluding hydrogens is 342 g/mol. The van der Waals surface area contributed by atoms with Crippen LogP contribution in [0.15, 0.2) is 29.3 Å². The molecule has 130 valence electrons. The quantitative estimate of drug-likeness (QED) is 0.742. The number of aryl methyl sites for hydroxylation is 1. The molecule has 0 spiro atoms. The van der Waals surface area contributed by atoms with E-state index in [4.69, 9.17) is 4.74 Å². The number of aromatic nitrogens is 2. The van der Waals surface area contributed by atoms with Gasteiger partial charge in [-0.25, -0.2) is 13.6 Å². The lowest BCUT2D eigenvalue weighted by Gasteiger charge is -2.05. The first-order valence-corrected chi connectivity index (χ1v) is 8.71. The van der Waals surface area contributed by atoms with Crippen LogP contribution in [0.5, 0.6) is 0 Å². The minimum absolute atomic E-state index is 0.00444. The lowest BCUT2D eigenvalue weighted by Crippen LogP contribution is -2.15. The Kier molecular flexibility index (Phi) is 5.33. The molecule has 2 rings (SSSR count). The van der Waals surface area contributed by atoms with Gasteiger partial charge in [0, 0.05) is 6.07 Å². The number of benzene rings is 1. The maximum atomic E-state index is 13.8. The fourth-order valence-corrected chi connectivity index (χ4v) is 3.29. The Morgan fingerprint density at radius 2 is 2.00 bits per heavy atom. The van der Waals surface area contributed by atoms with Gasteiger partial charge in [-0.1, -0.05) is 13.3 Å². The molecule has 1 heterocycles. The summed E-state index contributed by atoms with van der Waals surface area (Å²) in [7, 11) is -4.40. The average Bonchev–Trinajstić information content (AvgIpc) is 2.92. The molecule has 24 heavy (non-hydrogen) atoms. The topological polar surface area (TPSA) is 78.3 Å². The van der Waals surface area contributed by atoms with Gasteiger partial charge in [-0.15, -0.1) is 0 Å². The van der Waals surface area contributed by atoms with Crippen molar-refractivity contribution >= 4 is 16.0 Å². The van der Waals surface area contributed by atoms with Crippen LogP contribution in [0, 0.1) is 11.6 Å². The van der Waals surface area contributed by atoms with Crippen molar-refractivity contribution in [3.05, 3.63) is 47.3 Å². The third kappa shape index (κ3) is 3.45. The van der Waals surface area contributed by atoms with E-state index in [1.54, 1.807) is 6.92 Å². The van der Waals surface area contributed by atoms with Gasteiger partial charge >= 0.3 is 5.97 Å². The number of carbonyl (C=O) groups excluding carboxylic acids is 1. The van der Waals surface area contributed by atoms with E-state index < -0.39 is 32.5 Å². The zero-order chi connectivity index (χ0) is 17.9. The molecule has 0 unspecified atom stereocenters. The van der Waals surface area contributed by atoms with E-state index >= 15 is 0 Å². The van der Waals surface area contributed by atoms with Crippen LogP contribution in [-0.4, -0.2) is 30.2 Å². The number of esters is 1. The minimum atomic E-state index is -4.40. The summed E-state index contributed by atoms with van der Waals surface area (Å²) >= 11 is 0. The van der Waals surface area contributed by atoms with E-state index in [2.05, 4.69) is 5.10 Å².